The number of carbonyl (C=O) groups is 2. The van der Waals surface area contributed by atoms with Crippen molar-refractivity contribution >= 4 is 33.4 Å². The van der Waals surface area contributed by atoms with E-state index in [0.29, 0.717) is 13.0 Å². The van der Waals surface area contributed by atoms with E-state index in [9.17, 15) is 9.59 Å². The highest BCUT2D eigenvalue weighted by Crippen LogP contribution is 2.31. The molecule has 118 valence electrons. The lowest BCUT2D eigenvalue weighted by Gasteiger charge is -2.25. The summed E-state index contributed by atoms with van der Waals surface area (Å²) in [6.07, 6.45) is 2.62. The van der Waals surface area contributed by atoms with E-state index in [-0.39, 0.29) is 17.9 Å². The average molecular weight is 366 g/mol. The maximum Gasteiger partial charge on any atom is 0.239 e. The monoisotopic (exact) mass is 365 g/mol. The molecule has 0 spiro atoms. The predicted molar refractivity (Wildman–Crippen MR) is 88.6 cm³/mol. The fourth-order valence-electron chi connectivity index (χ4n) is 3.11. The summed E-state index contributed by atoms with van der Waals surface area (Å²) >= 11 is 3.47. The Hall–Kier alpha value is -1.40. The van der Waals surface area contributed by atoms with Crippen molar-refractivity contribution in [2.45, 2.75) is 25.3 Å². The number of carbonyl (C=O) groups excluding carboxylic acids is 2. The third-order valence-corrected chi connectivity index (χ3v) is 4.98. The molecule has 2 atom stereocenters. The first kappa shape index (κ1) is 15.5. The van der Waals surface area contributed by atoms with E-state index in [1.165, 1.54) is 0 Å². The molecule has 0 radical (unpaired) electrons. The summed E-state index contributed by atoms with van der Waals surface area (Å²) in [5.74, 6) is -0.796. The lowest BCUT2D eigenvalue weighted by molar-refractivity contribution is -0.132. The van der Waals surface area contributed by atoms with Gasteiger partial charge in [0.25, 0.3) is 0 Å². The molecule has 6 heteroatoms. The van der Waals surface area contributed by atoms with Crippen LogP contribution >= 0.6 is 15.9 Å². The van der Waals surface area contributed by atoms with Crippen LogP contribution in [0.25, 0.3) is 0 Å². The molecular weight excluding hydrogens is 346 g/mol. The zero-order valence-electron chi connectivity index (χ0n) is 12.3. The van der Waals surface area contributed by atoms with Gasteiger partial charge in [0.05, 0.1) is 5.69 Å². The lowest BCUT2D eigenvalue weighted by Crippen LogP contribution is -2.48. The largest absolute Gasteiger partial charge is 0.351 e. The maximum absolute atomic E-state index is 12.6. The Bertz CT molecular complexity index is 572. The van der Waals surface area contributed by atoms with Crippen LogP contribution in [0.5, 0.6) is 0 Å². The number of nitrogens with zero attached hydrogens (tertiary/aromatic N) is 1. The van der Waals surface area contributed by atoms with Crippen molar-refractivity contribution in [3.05, 3.63) is 28.7 Å². The molecule has 2 aliphatic rings. The molecule has 2 heterocycles. The number of piperidine rings is 1. The fraction of sp³-hybridized carbons (Fsp3) is 0.500. The highest BCUT2D eigenvalue weighted by Gasteiger charge is 2.38. The number of benzene rings is 1. The molecule has 0 aliphatic carbocycles. The summed E-state index contributed by atoms with van der Waals surface area (Å²) < 4.78 is 0.876. The molecule has 2 N–H and O–H groups in total. The maximum atomic E-state index is 12.6. The molecule has 3 rings (SSSR count). The van der Waals surface area contributed by atoms with Crippen LogP contribution in [0, 0.1) is 5.92 Å². The SMILES string of the molecule is O=C(N[C@H]1CCCNC1)C1CCN(c2ccccc2Br)C1=O. The molecule has 1 unspecified atom stereocenters. The third-order valence-electron chi connectivity index (χ3n) is 4.31. The Morgan fingerprint density at radius 1 is 1.32 bits per heavy atom. The van der Waals surface area contributed by atoms with Gasteiger partial charge < -0.3 is 15.5 Å². The highest BCUT2D eigenvalue weighted by molar-refractivity contribution is 9.10. The number of amides is 2. The van der Waals surface area contributed by atoms with E-state index in [0.717, 1.165) is 36.1 Å². The summed E-state index contributed by atoms with van der Waals surface area (Å²) in [6, 6.07) is 7.76. The molecule has 2 fully saturated rings. The Morgan fingerprint density at radius 3 is 2.86 bits per heavy atom. The van der Waals surface area contributed by atoms with Crippen LogP contribution < -0.4 is 15.5 Å². The second-order valence-electron chi connectivity index (χ2n) is 5.83. The molecule has 5 nitrogen and oxygen atoms in total. The van der Waals surface area contributed by atoms with Crippen LogP contribution in [0.4, 0.5) is 5.69 Å². The Balaban J connectivity index is 1.65. The summed E-state index contributed by atoms with van der Waals surface area (Å²) in [5, 5.41) is 6.28. The van der Waals surface area contributed by atoms with Gasteiger partial charge in [0.2, 0.25) is 11.8 Å². The van der Waals surface area contributed by atoms with Gasteiger partial charge in [-0.3, -0.25) is 9.59 Å². The van der Waals surface area contributed by atoms with Gasteiger partial charge in [-0.25, -0.2) is 0 Å². The van der Waals surface area contributed by atoms with Crippen molar-refractivity contribution in [3.8, 4) is 0 Å². The normalized spacial score (nSPS) is 25.3. The standard InChI is InChI=1S/C16H20BrN3O2/c17-13-5-1-2-6-14(13)20-9-7-12(16(20)22)15(21)19-11-4-3-8-18-10-11/h1-2,5-6,11-12,18H,3-4,7-10H2,(H,19,21)/t11-,12?/m0/s1. The number of hydrogen-bond donors (Lipinski definition) is 2. The van der Waals surface area contributed by atoms with E-state index >= 15 is 0 Å². The van der Waals surface area contributed by atoms with Gasteiger partial charge >= 0.3 is 0 Å². The molecule has 22 heavy (non-hydrogen) atoms. The summed E-state index contributed by atoms with van der Waals surface area (Å²) in [4.78, 5) is 26.7. The van der Waals surface area contributed by atoms with Crippen molar-refractivity contribution < 1.29 is 9.59 Å². The van der Waals surface area contributed by atoms with Crippen molar-refractivity contribution in [2.75, 3.05) is 24.5 Å². The van der Waals surface area contributed by atoms with E-state index in [1.54, 1.807) is 4.90 Å². The molecule has 1 aromatic rings. The second-order valence-corrected chi connectivity index (χ2v) is 6.69. The van der Waals surface area contributed by atoms with Crippen molar-refractivity contribution in [3.63, 3.8) is 0 Å². The molecule has 0 aromatic heterocycles. The summed E-state index contributed by atoms with van der Waals surface area (Å²) in [7, 11) is 0. The van der Waals surface area contributed by atoms with E-state index in [1.807, 2.05) is 24.3 Å². The number of halogens is 1. The minimum absolute atomic E-state index is 0.104. The molecular formula is C16H20BrN3O2. The number of rotatable bonds is 3. The third kappa shape index (κ3) is 3.17. The van der Waals surface area contributed by atoms with E-state index in [4.69, 9.17) is 0 Å². The van der Waals surface area contributed by atoms with Crippen molar-refractivity contribution in [1.82, 2.24) is 10.6 Å². The number of nitrogens with one attached hydrogen (secondary N) is 2. The minimum Gasteiger partial charge on any atom is -0.351 e. The van der Waals surface area contributed by atoms with Crippen LogP contribution in [-0.2, 0) is 9.59 Å². The van der Waals surface area contributed by atoms with Crippen LogP contribution in [0.1, 0.15) is 19.3 Å². The van der Waals surface area contributed by atoms with Gasteiger partial charge in [0.1, 0.15) is 5.92 Å². The first-order chi connectivity index (χ1) is 10.7. The molecule has 2 saturated heterocycles. The van der Waals surface area contributed by atoms with Crippen LogP contribution in [0.3, 0.4) is 0 Å². The predicted octanol–water partition coefficient (Wildman–Crippen LogP) is 1.67. The van der Waals surface area contributed by atoms with Gasteiger partial charge in [0.15, 0.2) is 0 Å². The van der Waals surface area contributed by atoms with E-state index in [2.05, 4.69) is 26.6 Å². The lowest BCUT2D eigenvalue weighted by atomic mass is 10.0. The number of hydrogen-bond acceptors (Lipinski definition) is 3. The quantitative estimate of drug-likeness (QED) is 0.801. The summed E-state index contributed by atoms with van der Waals surface area (Å²) in [5.41, 5.74) is 0.835. The Kier molecular flexibility index (Phi) is 4.78. The van der Waals surface area contributed by atoms with Gasteiger partial charge in [-0.05, 0) is 53.9 Å². The zero-order chi connectivity index (χ0) is 15.5. The van der Waals surface area contributed by atoms with Gasteiger partial charge in [-0.1, -0.05) is 12.1 Å². The van der Waals surface area contributed by atoms with Crippen molar-refractivity contribution in [2.24, 2.45) is 5.92 Å². The van der Waals surface area contributed by atoms with E-state index < -0.39 is 5.92 Å². The second kappa shape index (κ2) is 6.79. The topological polar surface area (TPSA) is 61.4 Å². The Morgan fingerprint density at radius 2 is 2.14 bits per heavy atom. The number of para-hydroxylation sites is 1. The first-order valence-corrected chi connectivity index (χ1v) is 8.53. The van der Waals surface area contributed by atoms with Crippen LogP contribution in [0.15, 0.2) is 28.7 Å². The molecule has 2 amide bonds. The minimum atomic E-state index is -0.561. The first-order valence-electron chi connectivity index (χ1n) is 7.74. The van der Waals surface area contributed by atoms with Gasteiger partial charge in [-0.15, -0.1) is 0 Å². The zero-order valence-corrected chi connectivity index (χ0v) is 13.9. The Labute approximate surface area is 138 Å². The molecule has 0 saturated carbocycles. The highest BCUT2D eigenvalue weighted by atomic mass is 79.9. The molecule has 0 bridgehead atoms. The summed E-state index contributed by atoms with van der Waals surface area (Å²) in [6.45, 7) is 2.38. The molecule has 1 aromatic carbocycles. The van der Waals surface area contributed by atoms with Crippen LogP contribution in [-0.4, -0.2) is 37.5 Å². The van der Waals surface area contributed by atoms with Gasteiger partial charge in [-0.2, -0.15) is 0 Å². The fourth-order valence-corrected chi connectivity index (χ4v) is 3.61. The smallest absolute Gasteiger partial charge is 0.239 e. The van der Waals surface area contributed by atoms with Crippen molar-refractivity contribution in [1.29, 1.82) is 0 Å². The molecule has 2 aliphatic heterocycles. The van der Waals surface area contributed by atoms with Crippen LogP contribution in [0.2, 0.25) is 0 Å². The number of anilines is 1. The van der Waals surface area contributed by atoms with Gasteiger partial charge in [0, 0.05) is 23.6 Å². The average Bonchev–Trinajstić information content (AvgIpc) is 2.90.